The van der Waals surface area contributed by atoms with Crippen molar-refractivity contribution in [2.24, 2.45) is 0 Å². The highest BCUT2D eigenvalue weighted by atomic mass is 16.6. The number of carbonyl (C=O) groups excluding carboxylic acids is 1. The number of carbonyl (C=O) groups is 1. The maximum Gasteiger partial charge on any atom is 0.287 e. The second-order valence-electron chi connectivity index (χ2n) is 3.86. The molecule has 2 aromatic rings. The summed E-state index contributed by atoms with van der Waals surface area (Å²) in [5.74, 6) is 0.805. The number of aryl methyl sites for hydroxylation is 1. The first-order valence-electron chi connectivity index (χ1n) is 5.44. The fourth-order valence-electron chi connectivity index (χ4n) is 1.51. The van der Waals surface area contributed by atoms with Crippen LogP contribution in [0.3, 0.4) is 0 Å². The Hall–Kier alpha value is -2.76. The predicted octanol–water partition coefficient (Wildman–Crippen LogP) is 2.90. The molecule has 1 aromatic heterocycles. The smallest absolute Gasteiger partial charge is 0.287 e. The van der Waals surface area contributed by atoms with Crippen LogP contribution < -0.4 is 4.74 Å². The lowest BCUT2D eigenvalue weighted by molar-refractivity contribution is -0.385. The average molecular weight is 258 g/mol. The molecule has 96 valence electrons. The molecule has 0 bridgehead atoms. The summed E-state index contributed by atoms with van der Waals surface area (Å²) in [5, 5.41) is 10.5. The molecule has 0 saturated carbocycles. The second-order valence-corrected chi connectivity index (χ2v) is 3.86. The zero-order chi connectivity index (χ0) is 13.8. The minimum atomic E-state index is -0.527. The number of benzene rings is 1. The number of hydrogen-bond acceptors (Lipinski definition) is 5. The summed E-state index contributed by atoms with van der Waals surface area (Å²) < 4.78 is 5.49. The number of ether oxygens (including phenoxy) is 1. The molecule has 2 rings (SSSR count). The summed E-state index contributed by atoms with van der Waals surface area (Å²) >= 11 is 0. The van der Waals surface area contributed by atoms with Crippen LogP contribution in [0.4, 0.5) is 5.69 Å². The van der Waals surface area contributed by atoms with Gasteiger partial charge in [0.15, 0.2) is 0 Å². The minimum Gasteiger partial charge on any atom is -0.439 e. The molecule has 0 N–H and O–H groups in total. The van der Waals surface area contributed by atoms with E-state index in [-0.39, 0.29) is 11.6 Å². The molecule has 0 amide bonds. The maximum absolute atomic E-state index is 10.6. The van der Waals surface area contributed by atoms with Crippen LogP contribution in [0.25, 0.3) is 0 Å². The summed E-state index contributed by atoms with van der Waals surface area (Å²) in [6.07, 6.45) is 1.88. The predicted molar refractivity (Wildman–Crippen MR) is 67.5 cm³/mol. The van der Waals surface area contributed by atoms with Crippen LogP contribution in [0, 0.1) is 17.0 Å². The number of aromatic nitrogens is 1. The van der Waals surface area contributed by atoms with Gasteiger partial charge in [-0.05, 0) is 30.7 Å². The lowest BCUT2D eigenvalue weighted by atomic mass is 10.1. The van der Waals surface area contributed by atoms with E-state index >= 15 is 0 Å². The van der Waals surface area contributed by atoms with Gasteiger partial charge in [-0.15, -0.1) is 0 Å². The molecule has 19 heavy (non-hydrogen) atoms. The van der Waals surface area contributed by atoms with Gasteiger partial charge in [0.05, 0.1) is 4.92 Å². The molecule has 0 aliphatic heterocycles. The van der Waals surface area contributed by atoms with E-state index in [9.17, 15) is 14.9 Å². The molecule has 0 spiro atoms. The molecule has 6 nitrogen and oxygen atoms in total. The molecule has 1 aromatic carbocycles. The van der Waals surface area contributed by atoms with E-state index in [4.69, 9.17) is 4.74 Å². The highest BCUT2D eigenvalue weighted by Gasteiger charge is 2.07. The van der Waals surface area contributed by atoms with Crippen molar-refractivity contribution in [3.05, 3.63) is 57.8 Å². The summed E-state index contributed by atoms with van der Waals surface area (Å²) in [4.78, 5) is 24.4. The quantitative estimate of drug-likeness (QED) is 0.478. The van der Waals surface area contributed by atoms with Gasteiger partial charge in [0.25, 0.3) is 5.69 Å². The van der Waals surface area contributed by atoms with Gasteiger partial charge in [-0.2, -0.15) is 0 Å². The molecule has 1 heterocycles. The lowest BCUT2D eigenvalue weighted by Crippen LogP contribution is -1.93. The molecule has 0 unspecified atom stereocenters. The largest absolute Gasteiger partial charge is 0.439 e. The Bertz CT molecular complexity index is 623. The lowest BCUT2D eigenvalue weighted by Gasteiger charge is -2.07. The highest BCUT2D eigenvalue weighted by molar-refractivity contribution is 5.75. The van der Waals surface area contributed by atoms with Gasteiger partial charge in [-0.1, -0.05) is 0 Å². The topological polar surface area (TPSA) is 82.3 Å². The third kappa shape index (κ3) is 2.92. The first-order chi connectivity index (χ1) is 9.10. The zero-order valence-electron chi connectivity index (χ0n) is 10.1. The van der Waals surface area contributed by atoms with Gasteiger partial charge in [0, 0.05) is 17.7 Å². The molecule has 0 atom stereocenters. The van der Waals surface area contributed by atoms with Crippen molar-refractivity contribution in [2.45, 2.75) is 6.92 Å². The van der Waals surface area contributed by atoms with Crippen LogP contribution in [-0.4, -0.2) is 16.2 Å². The summed E-state index contributed by atoms with van der Waals surface area (Å²) in [5.41, 5.74) is 1.24. The number of hydrogen-bond donors (Lipinski definition) is 0. The van der Waals surface area contributed by atoms with Crippen molar-refractivity contribution in [1.29, 1.82) is 0 Å². The Balaban J connectivity index is 2.21. The van der Waals surface area contributed by atoms with Gasteiger partial charge < -0.3 is 4.74 Å². The van der Waals surface area contributed by atoms with Crippen molar-refractivity contribution < 1.29 is 14.5 Å². The minimum absolute atomic E-state index is 0.0969. The van der Waals surface area contributed by atoms with E-state index in [2.05, 4.69) is 4.98 Å². The van der Waals surface area contributed by atoms with E-state index in [1.807, 2.05) is 0 Å². The van der Waals surface area contributed by atoms with Crippen molar-refractivity contribution >= 4 is 12.0 Å². The number of pyridine rings is 1. The zero-order valence-corrected chi connectivity index (χ0v) is 10.1. The van der Waals surface area contributed by atoms with Crippen molar-refractivity contribution in [3.63, 3.8) is 0 Å². The van der Waals surface area contributed by atoms with Crippen LogP contribution in [-0.2, 0) is 0 Å². The highest BCUT2D eigenvalue weighted by Crippen LogP contribution is 2.25. The van der Waals surface area contributed by atoms with Gasteiger partial charge in [-0.3, -0.25) is 14.9 Å². The Morgan fingerprint density at radius 2 is 2.11 bits per heavy atom. The molecule has 0 radical (unpaired) electrons. The molecule has 0 aliphatic carbocycles. The Morgan fingerprint density at radius 1 is 1.32 bits per heavy atom. The number of nitro groups is 1. The van der Waals surface area contributed by atoms with E-state index in [0.29, 0.717) is 11.3 Å². The van der Waals surface area contributed by atoms with E-state index in [1.165, 1.54) is 12.1 Å². The van der Waals surface area contributed by atoms with Crippen LogP contribution in [0.15, 0.2) is 36.5 Å². The maximum atomic E-state index is 10.6. The summed E-state index contributed by atoms with van der Waals surface area (Å²) in [6, 6.07) is 7.71. The normalized spacial score (nSPS) is 9.95. The Morgan fingerprint density at radius 3 is 2.63 bits per heavy atom. The molecule has 0 fully saturated rings. The fourth-order valence-corrected chi connectivity index (χ4v) is 1.51. The molecule has 0 aliphatic rings. The number of rotatable bonds is 4. The van der Waals surface area contributed by atoms with E-state index < -0.39 is 4.92 Å². The fraction of sp³-hybridized carbons (Fsp3) is 0.0769. The number of nitrogens with zero attached hydrogens (tertiary/aromatic N) is 2. The Labute approximate surface area is 108 Å². The molecular formula is C13H10N2O4. The van der Waals surface area contributed by atoms with Crippen molar-refractivity contribution in [1.82, 2.24) is 4.98 Å². The summed E-state index contributed by atoms with van der Waals surface area (Å²) in [6.45, 7) is 1.80. The molecular weight excluding hydrogens is 248 g/mol. The van der Waals surface area contributed by atoms with Crippen LogP contribution >= 0.6 is 0 Å². The van der Waals surface area contributed by atoms with Crippen LogP contribution in [0.1, 0.15) is 15.9 Å². The van der Waals surface area contributed by atoms with Gasteiger partial charge in [0.1, 0.15) is 18.2 Å². The van der Waals surface area contributed by atoms with Crippen molar-refractivity contribution in [2.75, 3.05) is 0 Å². The Kier molecular flexibility index (Phi) is 3.51. The third-order valence-electron chi connectivity index (χ3n) is 2.48. The van der Waals surface area contributed by atoms with Gasteiger partial charge in [0.2, 0.25) is 5.88 Å². The standard InChI is InChI=1S/C13H10N2O4/c1-9-6-10(8-16)2-4-12(9)19-13-5-3-11(7-14-13)15(17)18/h2-8H,1H3. The van der Waals surface area contributed by atoms with Crippen LogP contribution in [0.5, 0.6) is 11.6 Å². The van der Waals surface area contributed by atoms with E-state index in [1.54, 1.807) is 25.1 Å². The van der Waals surface area contributed by atoms with Crippen molar-refractivity contribution in [3.8, 4) is 11.6 Å². The first-order valence-corrected chi connectivity index (χ1v) is 5.44. The SMILES string of the molecule is Cc1cc(C=O)ccc1Oc1ccc([N+](=O)[O-])cn1. The van der Waals surface area contributed by atoms with Gasteiger partial charge in [-0.25, -0.2) is 4.98 Å². The monoisotopic (exact) mass is 258 g/mol. The van der Waals surface area contributed by atoms with Gasteiger partial charge >= 0.3 is 0 Å². The summed E-state index contributed by atoms with van der Waals surface area (Å²) in [7, 11) is 0. The first kappa shape index (κ1) is 12.7. The third-order valence-corrected chi connectivity index (χ3v) is 2.48. The average Bonchev–Trinajstić information content (AvgIpc) is 2.41. The molecule has 0 saturated heterocycles. The van der Waals surface area contributed by atoms with Crippen LogP contribution in [0.2, 0.25) is 0 Å². The second kappa shape index (κ2) is 5.26. The van der Waals surface area contributed by atoms with E-state index in [0.717, 1.165) is 18.0 Å². The number of aldehydes is 1. The molecule has 6 heteroatoms.